The van der Waals surface area contributed by atoms with Gasteiger partial charge in [-0.25, -0.2) is 0 Å². The number of aliphatic hydroxyl groups is 1. The number of halogens is 1. The molecule has 0 aliphatic rings. The highest BCUT2D eigenvalue weighted by Gasteiger charge is 2.09. The first-order valence-corrected chi connectivity index (χ1v) is 6.84. The van der Waals surface area contributed by atoms with Gasteiger partial charge in [-0.1, -0.05) is 43.1 Å². The van der Waals surface area contributed by atoms with Crippen molar-refractivity contribution in [3.05, 3.63) is 34.9 Å². The van der Waals surface area contributed by atoms with E-state index in [0.717, 1.165) is 31.6 Å². The number of rotatable bonds is 9. The zero-order chi connectivity index (χ0) is 13.2. The Morgan fingerprint density at radius 2 is 2.11 bits per heavy atom. The standard InChI is InChI=1S/C14H22ClNO2/c1-2-3-9-18-10-8-16-11-14(17)12-6-4-5-7-13(12)15/h4-7,14,16-17H,2-3,8-11H2,1H3. The predicted octanol–water partition coefficient (Wildman–Crippen LogP) is 2.78. The Hall–Kier alpha value is -0.610. The molecule has 0 bridgehead atoms. The molecule has 0 heterocycles. The fraction of sp³-hybridized carbons (Fsp3) is 0.571. The van der Waals surface area contributed by atoms with E-state index < -0.39 is 6.10 Å². The summed E-state index contributed by atoms with van der Waals surface area (Å²) in [7, 11) is 0. The third-order valence-electron chi connectivity index (χ3n) is 2.67. The van der Waals surface area contributed by atoms with Crippen LogP contribution in [0.3, 0.4) is 0 Å². The van der Waals surface area contributed by atoms with Gasteiger partial charge >= 0.3 is 0 Å². The molecule has 1 aromatic rings. The first kappa shape index (κ1) is 15.4. The van der Waals surface area contributed by atoms with Gasteiger partial charge in [0.1, 0.15) is 0 Å². The maximum atomic E-state index is 9.95. The van der Waals surface area contributed by atoms with Crippen LogP contribution in [0.4, 0.5) is 0 Å². The molecule has 1 aromatic carbocycles. The van der Waals surface area contributed by atoms with Gasteiger partial charge in [-0.2, -0.15) is 0 Å². The molecule has 0 aliphatic carbocycles. The molecule has 1 unspecified atom stereocenters. The van der Waals surface area contributed by atoms with Crippen molar-refractivity contribution in [1.82, 2.24) is 5.32 Å². The molecule has 0 saturated carbocycles. The Balaban J connectivity index is 2.14. The predicted molar refractivity (Wildman–Crippen MR) is 75.0 cm³/mol. The molecular formula is C14H22ClNO2. The number of benzene rings is 1. The number of ether oxygens (including phenoxy) is 1. The van der Waals surface area contributed by atoms with Crippen molar-refractivity contribution in [2.75, 3.05) is 26.3 Å². The van der Waals surface area contributed by atoms with Gasteiger partial charge in [0.25, 0.3) is 0 Å². The van der Waals surface area contributed by atoms with E-state index in [2.05, 4.69) is 12.2 Å². The van der Waals surface area contributed by atoms with E-state index in [9.17, 15) is 5.11 Å². The third kappa shape index (κ3) is 5.83. The molecule has 1 atom stereocenters. The van der Waals surface area contributed by atoms with Crippen LogP contribution in [0, 0.1) is 0 Å². The summed E-state index contributed by atoms with van der Waals surface area (Å²) in [5, 5.41) is 13.7. The monoisotopic (exact) mass is 271 g/mol. The zero-order valence-corrected chi connectivity index (χ0v) is 11.6. The molecule has 0 amide bonds. The second kappa shape index (κ2) is 9.34. The van der Waals surface area contributed by atoms with Crippen LogP contribution in [0.5, 0.6) is 0 Å². The van der Waals surface area contributed by atoms with Gasteiger partial charge in [0.05, 0.1) is 12.7 Å². The maximum absolute atomic E-state index is 9.95. The summed E-state index contributed by atoms with van der Waals surface area (Å²) < 4.78 is 5.42. The average molecular weight is 272 g/mol. The Kier molecular flexibility index (Phi) is 8.01. The van der Waals surface area contributed by atoms with Crippen LogP contribution in [-0.2, 0) is 4.74 Å². The SMILES string of the molecule is CCCCOCCNCC(O)c1ccccc1Cl. The maximum Gasteiger partial charge on any atom is 0.0928 e. The minimum atomic E-state index is -0.575. The summed E-state index contributed by atoms with van der Waals surface area (Å²) in [6.45, 7) is 4.86. The smallest absolute Gasteiger partial charge is 0.0928 e. The molecule has 0 spiro atoms. The van der Waals surface area contributed by atoms with E-state index in [4.69, 9.17) is 16.3 Å². The van der Waals surface area contributed by atoms with Crippen LogP contribution in [0.15, 0.2) is 24.3 Å². The van der Waals surface area contributed by atoms with Crippen molar-refractivity contribution in [3.63, 3.8) is 0 Å². The number of nitrogens with one attached hydrogen (secondary N) is 1. The quantitative estimate of drug-likeness (QED) is 0.679. The highest BCUT2D eigenvalue weighted by molar-refractivity contribution is 6.31. The number of unbranched alkanes of at least 4 members (excludes halogenated alkanes) is 1. The van der Waals surface area contributed by atoms with Gasteiger partial charge in [0, 0.05) is 30.3 Å². The normalized spacial score (nSPS) is 12.6. The van der Waals surface area contributed by atoms with E-state index >= 15 is 0 Å². The molecule has 102 valence electrons. The molecule has 0 saturated heterocycles. The Labute approximate surface area is 114 Å². The molecule has 2 N–H and O–H groups in total. The molecule has 0 aromatic heterocycles. The molecule has 4 heteroatoms. The van der Waals surface area contributed by atoms with E-state index in [-0.39, 0.29) is 0 Å². The topological polar surface area (TPSA) is 41.5 Å². The fourth-order valence-electron chi connectivity index (χ4n) is 1.59. The molecule has 3 nitrogen and oxygen atoms in total. The van der Waals surface area contributed by atoms with Gasteiger partial charge in [0.2, 0.25) is 0 Å². The van der Waals surface area contributed by atoms with Crippen LogP contribution < -0.4 is 5.32 Å². The largest absolute Gasteiger partial charge is 0.387 e. The van der Waals surface area contributed by atoms with E-state index in [1.165, 1.54) is 0 Å². The lowest BCUT2D eigenvalue weighted by molar-refractivity contribution is 0.125. The number of aliphatic hydroxyl groups excluding tert-OH is 1. The molecule has 18 heavy (non-hydrogen) atoms. The van der Waals surface area contributed by atoms with Crippen molar-refractivity contribution in [2.24, 2.45) is 0 Å². The Morgan fingerprint density at radius 1 is 1.33 bits per heavy atom. The summed E-state index contributed by atoms with van der Waals surface area (Å²) in [4.78, 5) is 0. The van der Waals surface area contributed by atoms with Crippen molar-refractivity contribution in [2.45, 2.75) is 25.9 Å². The zero-order valence-electron chi connectivity index (χ0n) is 10.9. The third-order valence-corrected chi connectivity index (χ3v) is 3.01. The first-order valence-electron chi connectivity index (χ1n) is 6.46. The second-order valence-electron chi connectivity index (χ2n) is 4.21. The highest BCUT2D eigenvalue weighted by Crippen LogP contribution is 2.21. The van der Waals surface area contributed by atoms with Gasteiger partial charge in [0.15, 0.2) is 0 Å². The number of hydrogen-bond donors (Lipinski definition) is 2. The van der Waals surface area contributed by atoms with Crippen LogP contribution in [-0.4, -0.2) is 31.4 Å². The molecular weight excluding hydrogens is 250 g/mol. The minimum Gasteiger partial charge on any atom is -0.387 e. The van der Waals surface area contributed by atoms with Crippen LogP contribution in [0.2, 0.25) is 5.02 Å². The lowest BCUT2D eigenvalue weighted by Crippen LogP contribution is -2.25. The first-order chi connectivity index (χ1) is 8.75. The van der Waals surface area contributed by atoms with Gasteiger partial charge in [-0.05, 0) is 12.5 Å². The van der Waals surface area contributed by atoms with Crippen molar-refractivity contribution < 1.29 is 9.84 Å². The average Bonchev–Trinajstić information content (AvgIpc) is 2.38. The Morgan fingerprint density at radius 3 is 2.83 bits per heavy atom. The van der Waals surface area contributed by atoms with Crippen LogP contribution in [0.25, 0.3) is 0 Å². The minimum absolute atomic E-state index is 0.487. The van der Waals surface area contributed by atoms with Gasteiger partial charge in [-0.15, -0.1) is 0 Å². The van der Waals surface area contributed by atoms with E-state index in [1.807, 2.05) is 18.2 Å². The van der Waals surface area contributed by atoms with Gasteiger partial charge in [-0.3, -0.25) is 0 Å². The summed E-state index contributed by atoms with van der Waals surface area (Å²) in [5.74, 6) is 0. The number of hydrogen-bond acceptors (Lipinski definition) is 3. The molecule has 0 radical (unpaired) electrons. The van der Waals surface area contributed by atoms with Crippen LogP contribution in [0.1, 0.15) is 31.4 Å². The highest BCUT2D eigenvalue weighted by atomic mass is 35.5. The molecule has 1 rings (SSSR count). The second-order valence-corrected chi connectivity index (χ2v) is 4.61. The summed E-state index contributed by atoms with van der Waals surface area (Å²) >= 11 is 6.00. The molecule has 0 aliphatic heterocycles. The van der Waals surface area contributed by atoms with Crippen molar-refractivity contribution in [3.8, 4) is 0 Å². The molecule has 0 fully saturated rings. The van der Waals surface area contributed by atoms with Crippen molar-refractivity contribution >= 4 is 11.6 Å². The van der Waals surface area contributed by atoms with Crippen LogP contribution >= 0.6 is 11.6 Å². The summed E-state index contributed by atoms with van der Waals surface area (Å²) in [5.41, 5.74) is 0.763. The van der Waals surface area contributed by atoms with E-state index in [0.29, 0.717) is 18.2 Å². The lowest BCUT2D eigenvalue weighted by Gasteiger charge is -2.13. The summed E-state index contributed by atoms with van der Waals surface area (Å²) in [6.07, 6.45) is 1.68. The Bertz CT molecular complexity index is 333. The lowest BCUT2D eigenvalue weighted by atomic mass is 10.1. The van der Waals surface area contributed by atoms with Gasteiger partial charge < -0.3 is 15.2 Å². The fourth-order valence-corrected chi connectivity index (χ4v) is 1.85. The van der Waals surface area contributed by atoms with E-state index in [1.54, 1.807) is 6.07 Å². The van der Waals surface area contributed by atoms with Crippen molar-refractivity contribution in [1.29, 1.82) is 0 Å². The summed E-state index contributed by atoms with van der Waals surface area (Å²) in [6, 6.07) is 7.35.